The number of primary amides is 1. The van der Waals surface area contributed by atoms with Crippen LogP contribution in [0.5, 0.6) is 0 Å². The number of fused-ring (bicyclic) bond motifs is 1. The van der Waals surface area contributed by atoms with Gasteiger partial charge in [0.1, 0.15) is 23.0 Å². The number of benzene rings is 1. The van der Waals surface area contributed by atoms with Crippen molar-refractivity contribution in [3.05, 3.63) is 45.1 Å². The number of imidazole rings is 1. The maximum atomic E-state index is 11.4. The fraction of sp³-hybridized carbons (Fsp3) is 0.0714. The van der Waals surface area contributed by atoms with Crippen LogP contribution in [-0.4, -0.2) is 20.4 Å². The second-order valence-corrected chi connectivity index (χ2v) is 6.18. The Kier molecular flexibility index (Phi) is 4.08. The van der Waals surface area contributed by atoms with E-state index >= 15 is 0 Å². The molecule has 22 heavy (non-hydrogen) atoms. The molecular formula is C14H9BrCl2N4O. The Morgan fingerprint density at radius 3 is 2.59 bits per heavy atom. The topological polar surface area (TPSA) is 73.8 Å². The number of aromatic nitrogens is 3. The molecule has 0 aliphatic heterocycles. The van der Waals surface area contributed by atoms with Crippen molar-refractivity contribution in [2.45, 2.75) is 6.54 Å². The van der Waals surface area contributed by atoms with Gasteiger partial charge in [-0.2, -0.15) is 0 Å². The number of amides is 1. The van der Waals surface area contributed by atoms with Crippen molar-refractivity contribution >= 4 is 56.1 Å². The van der Waals surface area contributed by atoms with Crippen molar-refractivity contribution in [2.24, 2.45) is 5.73 Å². The summed E-state index contributed by atoms with van der Waals surface area (Å²) in [4.78, 5) is 20.0. The predicted octanol–water partition coefficient (Wildman–Crippen LogP) is 3.65. The van der Waals surface area contributed by atoms with E-state index in [1.807, 2.05) is 12.1 Å². The molecule has 112 valence electrons. The van der Waals surface area contributed by atoms with E-state index in [9.17, 15) is 4.79 Å². The molecule has 2 aromatic heterocycles. The monoisotopic (exact) mass is 398 g/mol. The molecule has 0 aliphatic carbocycles. The fourth-order valence-corrected chi connectivity index (χ4v) is 2.98. The van der Waals surface area contributed by atoms with Crippen molar-refractivity contribution in [3.63, 3.8) is 0 Å². The van der Waals surface area contributed by atoms with Crippen molar-refractivity contribution in [1.82, 2.24) is 14.5 Å². The van der Waals surface area contributed by atoms with Crippen molar-refractivity contribution in [3.8, 4) is 11.4 Å². The average Bonchev–Trinajstić information content (AvgIpc) is 2.82. The Labute approximate surface area is 144 Å². The highest BCUT2D eigenvalue weighted by Crippen LogP contribution is 2.33. The van der Waals surface area contributed by atoms with Gasteiger partial charge in [0.2, 0.25) is 5.91 Å². The van der Waals surface area contributed by atoms with E-state index in [-0.39, 0.29) is 6.54 Å². The lowest BCUT2D eigenvalue weighted by atomic mass is 10.2. The van der Waals surface area contributed by atoms with Crippen LogP contribution >= 0.6 is 39.1 Å². The third kappa shape index (κ3) is 2.69. The maximum absolute atomic E-state index is 11.4. The summed E-state index contributed by atoms with van der Waals surface area (Å²) in [6.07, 6.45) is 1.55. The molecule has 0 unspecified atom stereocenters. The highest BCUT2D eigenvalue weighted by molar-refractivity contribution is 9.10. The summed E-state index contributed by atoms with van der Waals surface area (Å²) in [6, 6.07) is 7.16. The molecule has 3 aromatic rings. The molecule has 5 nitrogen and oxygen atoms in total. The van der Waals surface area contributed by atoms with Gasteiger partial charge in [-0.1, -0.05) is 23.2 Å². The molecule has 3 rings (SSSR count). The number of hydrogen-bond acceptors (Lipinski definition) is 3. The predicted molar refractivity (Wildman–Crippen MR) is 89.9 cm³/mol. The Bertz CT molecular complexity index is 877. The first kappa shape index (κ1) is 15.3. The number of nitrogens with zero attached hydrogens (tertiary/aromatic N) is 3. The number of carbonyl (C=O) groups is 1. The quantitative estimate of drug-likeness (QED) is 0.683. The number of rotatable bonds is 3. The Morgan fingerprint density at radius 2 is 1.95 bits per heavy atom. The van der Waals surface area contributed by atoms with E-state index < -0.39 is 5.91 Å². The number of halogens is 3. The number of hydrogen-bond donors (Lipinski definition) is 1. The van der Waals surface area contributed by atoms with Crippen LogP contribution in [0.1, 0.15) is 0 Å². The zero-order valence-electron chi connectivity index (χ0n) is 11.1. The van der Waals surface area contributed by atoms with Crippen LogP contribution in [0.3, 0.4) is 0 Å². The maximum Gasteiger partial charge on any atom is 0.237 e. The lowest BCUT2D eigenvalue weighted by molar-refractivity contribution is -0.118. The normalized spacial score (nSPS) is 11.0. The summed E-state index contributed by atoms with van der Waals surface area (Å²) in [6.45, 7) is -0.0204. The molecule has 0 fully saturated rings. The summed E-state index contributed by atoms with van der Waals surface area (Å²) < 4.78 is 2.28. The second-order valence-electron chi connectivity index (χ2n) is 4.59. The molecule has 0 saturated carbocycles. The summed E-state index contributed by atoms with van der Waals surface area (Å²) in [5.41, 5.74) is 7.45. The van der Waals surface area contributed by atoms with E-state index in [2.05, 4.69) is 25.9 Å². The van der Waals surface area contributed by atoms with Crippen LogP contribution in [0.4, 0.5) is 0 Å². The molecule has 0 aliphatic rings. The third-order valence-corrected chi connectivity index (χ3v) is 4.62. The van der Waals surface area contributed by atoms with Gasteiger partial charge in [-0.25, -0.2) is 9.97 Å². The number of nitrogens with two attached hydrogens (primary N) is 1. The first-order chi connectivity index (χ1) is 10.5. The van der Waals surface area contributed by atoms with Crippen LogP contribution in [0.25, 0.3) is 22.4 Å². The van der Waals surface area contributed by atoms with E-state index in [1.54, 1.807) is 22.9 Å². The van der Waals surface area contributed by atoms with Gasteiger partial charge in [0, 0.05) is 10.6 Å². The molecule has 0 bridgehead atoms. The Hall–Kier alpha value is -1.63. The van der Waals surface area contributed by atoms with E-state index in [1.165, 1.54) is 0 Å². The Balaban J connectivity index is 2.31. The van der Waals surface area contributed by atoms with Crippen molar-refractivity contribution in [1.29, 1.82) is 0 Å². The molecule has 2 N–H and O–H groups in total. The van der Waals surface area contributed by atoms with Gasteiger partial charge in [-0.15, -0.1) is 0 Å². The average molecular weight is 400 g/mol. The molecular weight excluding hydrogens is 391 g/mol. The fourth-order valence-electron chi connectivity index (χ4n) is 2.19. The minimum Gasteiger partial charge on any atom is -0.368 e. The molecule has 0 radical (unpaired) electrons. The molecule has 1 aromatic carbocycles. The van der Waals surface area contributed by atoms with Crippen LogP contribution in [0.15, 0.2) is 34.9 Å². The smallest absolute Gasteiger partial charge is 0.237 e. The van der Waals surface area contributed by atoms with Crippen LogP contribution in [0, 0.1) is 0 Å². The van der Waals surface area contributed by atoms with Gasteiger partial charge < -0.3 is 10.3 Å². The molecule has 0 saturated heterocycles. The second kappa shape index (κ2) is 5.87. The van der Waals surface area contributed by atoms with Crippen LogP contribution in [-0.2, 0) is 11.3 Å². The zero-order chi connectivity index (χ0) is 15.9. The third-order valence-electron chi connectivity index (χ3n) is 3.10. The lowest BCUT2D eigenvalue weighted by Crippen LogP contribution is -2.19. The van der Waals surface area contributed by atoms with E-state index in [0.717, 1.165) is 5.56 Å². The lowest BCUT2D eigenvalue weighted by Gasteiger charge is -2.08. The standard InChI is InChI=1S/C14H9BrCl2N4O/c15-11-12-9(5-19-13(11)17)20-14(21(12)6-10(18)22)7-1-3-8(16)4-2-7/h1-5H,6H2,(H2,18,22). The van der Waals surface area contributed by atoms with Gasteiger partial charge in [0.25, 0.3) is 0 Å². The molecule has 2 heterocycles. The van der Waals surface area contributed by atoms with Crippen LogP contribution in [0.2, 0.25) is 10.2 Å². The summed E-state index contributed by atoms with van der Waals surface area (Å²) in [7, 11) is 0. The zero-order valence-corrected chi connectivity index (χ0v) is 14.2. The SMILES string of the molecule is NC(=O)Cn1c(-c2ccc(Cl)cc2)nc2cnc(Cl)c(Br)c21. The van der Waals surface area contributed by atoms with Crippen molar-refractivity contribution in [2.75, 3.05) is 0 Å². The van der Waals surface area contributed by atoms with Gasteiger partial charge in [-0.05, 0) is 40.2 Å². The van der Waals surface area contributed by atoms with Gasteiger partial charge in [0.15, 0.2) is 0 Å². The number of carbonyl (C=O) groups excluding carboxylic acids is 1. The van der Waals surface area contributed by atoms with E-state index in [0.29, 0.717) is 31.5 Å². The Morgan fingerprint density at radius 1 is 1.27 bits per heavy atom. The van der Waals surface area contributed by atoms with Gasteiger partial charge in [0.05, 0.1) is 16.2 Å². The van der Waals surface area contributed by atoms with Crippen LogP contribution < -0.4 is 5.73 Å². The van der Waals surface area contributed by atoms with Gasteiger partial charge >= 0.3 is 0 Å². The van der Waals surface area contributed by atoms with E-state index in [4.69, 9.17) is 28.9 Å². The summed E-state index contributed by atoms with van der Waals surface area (Å²) in [5, 5.41) is 0.910. The molecule has 0 atom stereocenters. The molecule has 8 heteroatoms. The summed E-state index contributed by atoms with van der Waals surface area (Å²) in [5.74, 6) is 0.115. The largest absolute Gasteiger partial charge is 0.368 e. The minimum absolute atomic E-state index is 0.0204. The van der Waals surface area contributed by atoms with Crippen molar-refractivity contribution < 1.29 is 4.79 Å². The minimum atomic E-state index is -0.477. The molecule has 1 amide bonds. The highest BCUT2D eigenvalue weighted by Gasteiger charge is 2.18. The summed E-state index contributed by atoms with van der Waals surface area (Å²) >= 11 is 15.3. The first-order valence-corrected chi connectivity index (χ1v) is 7.76. The van der Waals surface area contributed by atoms with Gasteiger partial charge in [-0.3, -0.25) is 4.79 Å². The highest BCUT2D eigenvalue weighted by atomic mass is 79.9. The number of pyridine rings is 1. The molecule has 0 spiro atoms. The first-order valence-electron chi connectivity index (χ1n) is 6.22.